The van der Waals surface area contributed by atoms with Crippen LogP contribution in [-0.2, 0) is 4.79 Å². The van der Waals surface area contributed by atoms with Gasteiger partial charge in [-0.25, -0.2) is 4.39 Å². The van der Waals surface area contributed by atoms with E-state index in [2.05, 4.69) is 0 Å². The Kier molecular flexibility index (Phi) is 6.78. The van der Waals surface area contributed by atoms with Crippen molar-refractivity contribution in [1.82, 2.24) is 0 Å². The first-order chi connectivity index (χ1) is 10.1. The maximum absolute atomic E-state index is 13.8. The number of halogens is 1. The monoisotopic (exact) mass is 296 g/mol. The number of anilines is 1. The van der Waals surface area contributed by atoms with Crippen LogP contribution in [0, 0.1) is 21.8 Å². The van der Waals surface area contributed by atoms with Gasteiger partial charge in [-0.15, -0.1) is 0 Å². The van der Waals surface area contributed by atoms with E-state index in [1.54, 1.807) is 0 Å². The largest absolute Gasteiger partial charge is 0.369 e. The standard InChI is InChI=1S/C13H15FN2O3.C2H6/c14-12-9-11(16(18)19)1-2-13(12)15-6-3-10(4-7-15)5-8-17;1-2/h1-2,8-10H,3-7H2;1-2H3. The number of rotatable bonds is 4. The number of nitro groups is 1. The minimum atomic E-state index is -0.608. The van der Waals surface area contributed by atoms with Crippen molar-refractivity contribution in [3.63, 3.8) is 0 Å². The molecule has 2 rings (SSSR count). The number of carbonyl (C=O) groups is 1. The van der Waals surface area contributed by atoms with Gasteiger partial charge in [-0.3, -0.25) is 10.1 Å². The lowest BCUT2D eigenvalue weighted by molar-refractivity contribution is -0.385. The number of piperidine rings is 1. The summed E-state index contributed by atoms with van der Waals surface area (Å²) < 4.78 is 13.8. The van der Waals surface area contributed by atoms with Crippen LogP contribution in [0.5, 0.6) is 0 Å². The Morgan fingerprint density at radius 2 is 2.00 bits per heavy atom. The molecular weight excluding hydrogens is 275 g/mol. The van der Waals surface area contributed by atoms with Crippen LogP contribution in [0.3, 0.4) is 0 Å². The van der Waals surface area contributed by atoms with E-state index in [1.165, 1.54) is 12.1 Å². The zero-order chi connectivity index (χ0) is 15.8. The van der Waals surface area contributed by atoms with E-state index in [4.69, 9.17) is 0 Å². The fraction of sp³-hybridized carbons (Fsp3) is 0.533. The van der Waals surface area contributed by atoms with E-state index >= 15 is 0 Å². The number of nitrogens with zero attached hydrogens (tertiary/aromatic N) is 2. The summed E-state index contributed by atoms with van der Waals surface area (Å²) in [6.45, 7) is 5.35. The molecule has 116 valence electrons. The number of nitro benzene ring substituents is 1. The lowest BCUT2D eigenvalue weighted by atomic mass is 9.94. The van der Waals surface area contributed by atoms with Crippen molar-refractivity contribution in [2.45, 2.75) is 33.1 Å². The zero-order valence-corrected chi connectivity index (χ0v) is 12.4. The third-order valence-electron chi connectivity index (χ3n) is 3.53. The van der Waals surface area contributed by atoms with Crippen molar-refractivity contribution in [3.8, 4) is 0 Å². The van der Waals surface area contributed by atoms with Gasteiger partial charge in [-0.2, -0.15) is 0 Å². The average Bonchev–Trinajstić information content (AvgIpc) is 2.50. The van der Waals surface area contributed by atoms with Crippen LogP contribution in [0.15, 0.2) is 18.2 Å². The smallest absolute Gasteiger partial charge is 0.272 e. The van der Waals surface area contributed by atoms with Gasteiger partial charge in [-0.1, -0.05) is 13.8 Å². The minimum Gasteiger partial charge on any atom is -0.369 e. The normalized spacial score (nSPS) is 15.1. The second-order valence-electron chi connectivity index (χ2n) is 4.73. The van der Waals surface area contributed by atoms with E-state index in [1.807, 2.05) is 18.7 Å². The SMILES string of the molecule is CC.O=CCC1CCN(c2ccc([N+](=O)[O-])cc2F)CC1. The van der Waals surface area contributed by atoms with Crippen LogP contribution >= 0.6 is 0 Å². The zero-order valence-electron chi connectivity index (χ0n) is 12.4. The van der Waals surface area contributed by atoms with Crippen molar-refractivity contribution < 1.29 is 14.1 Å². The summed E-state index contributed by atoms with van der Waals surface area (Å²) in [5.41, 5.74) is 0.159. The van der Waals surface area contributed by atoms with E-state index in [0.29, 0.717) is 31.1 Å². The van der Waals surface area contributed by atoms with Crippen LogP contribution in [-0.4, -0.2) is 24.3 Å². The molecule has 1 heterocycles. The third kappa shape index (κ3) is 4.51. The molecule has 0 aliphatic carbocycles. The highest BCUT2D eigenvalue weighted by Crippen LogP contribution is 2.28. The lowest BCUT2D eigenvalue weighted by Crippen LogP contribution is -2.34. The first-order valence-electron chi connectivity index (χ1n) is 7.24. The third-order valence-corrected chi connectivity index (χ3v) is 3.53. The van der Waals surface area contributed by atoms with E-state index in [9.17, 15) is 19.3 Å². The Bertz CT molecular complexity index is 486. The fourth-order valence-electron chi connectivity index (χ4n) is 2.41. The van der Waals surface area contributed by atoms with Gasteiger partial charge in [0.2, 0.25) is 0 Å². The van der Waals surface area contributed by atoms with Gasteiger partial charge in [0.25, 0.3) is 5.69 Å². The van der Waals surface area contributed by atoms with Gasteiger partial charge in [0.15, 0.2) is 5.82 Å². The molecular formula is C15H21FN2O3. The quantitative estimate of drug-likeness (QED) is 0.484. The van der Waals surface area contributed by atoms with Crippen molar-refractivity contribution in [2.75, 3.05) is 18.0 Å². The Hall–Kier alpha value is -1.98. The molecule has 5 nitrogen and oxygen atoms in total. The van der Waals surface area contributed by atoms with E-state index in [0.717, 1.165) is 25.2 Å². The van der Waals surface area contributed by atoms with Crippen molar-refractivity contribution in [1.29, 1.82) is 0 Å². The summed E-state index contributed by atoms with van der Waals surface area (Å²) in [7, 11) is 0. The van der Waals surface area contributed by atoms with Crippen molar-refractivity contribution >= 4 is 17.7 Å². The molecule has 0 radical (unpaired) electrons. The lowest BCUT2D eigenvalue weighted by Gasteiger charge is -2.33. The Morgan fingerprint density at radius 3 is 2.48 bits per heavy atom. The van der Waals surface area contributed by atoms with Crippen LogP contribution in [0.25, 0.3) is 0 Å². The highest BCUT2D eigenvalue weighted by molar-refractivity contribution is 5.53. The molecule has 0 bridgehead atoms. The van der Waals surface area contributed by atoms with Crippen molar-refractivity contribution in [3.05, 3.63) is 34.1 Å². The predicted molar refractivity (Wildman–Crippen MR) is 80.0 cm³/mol. The Morgan fingerprint density at radius 1 is 1.38 bits per heavy atom. The predicted octanol–water partition coefficient (Wildman–Crippen LogP) is 3.57. The second kappa shape index (κ2) is 8.34. The van der Waals surface area contributed by atoms with Crippen LogP contribution in [0.4, 0.5) is 15.8 Å². The molecule has 0 unspecified atom stereocenters. The highest BCUT2D eigenvalue weighted by Gasteiger charge is 2.22. The summed E-state index contributed by atoms with van der Waals surface area (Å²) in [6.07, 6.45) is 3.16. The van der Waals surface area contributed by atoms with Gasteiger partial charge in [0.05, 0.1) is 16.7 Å². The molecule has 0 atom stereocenters. The first kappa shape index (κ1) is 17.1. The molecule has 6 heteroatoms. The number of carbonyl (C=O) groups excluding carboxylic acids is 1. The number of benzene rings is 1. The molecule has 0 amide bonds. The van der Waals surface area contributed by atoms with Gasteiger partial charge in [-0.05, 0) is 24.8 Å². The molecule has 1 aromatic carbocycles. The fourth-order valence-corrected chi connectivity index (χ4v) is 2.41. The molecule has 0 aromatic heterocycles. The van der Waals surface area contributed by atoms with Crippen molar-refractivity contribution in [2.24, 2.45) is 5.92 Å². The molecule has 1 saturated heterocycles. The molecule has 1 aromatic rings. The maximum atomic E-state index is 13.8. The first-order valence-corrected chi connectivity index (χ1v) is 7.24. The Labute approximate surface area is 123 Å². The molecule has 1 fully saturated rings. The molecule has 0 N–H and O–H groups in total. The second-order valence-corrected chi connectivity index (χ2v) is 4.73. The number of hydrogen-bond donors (Lipinski definition) is 0. The van der Waals surface area contributed by atoms with Gasteiger partial charge in [0, 0.05) is 25.6 Å². The molecule has 1 aliphatic rings. The topological polar surface area (TPSA) is 63.5 Å². The van der Waals surface area contributed by atoms with Gasteiger partial charge < -0.3 is 9.69 Å². The van der Waals surface area contributed by atoms with Gasteiger partial charge >= 0.3 is 0 Å². The van der Waals surface area contributed by atoms with Crippen LogP contribution in [0.1, 0.15) is 33.1 Å². The summed E-state index contributed by atoms with van der Waals surface area (Å²) in [5.74, 6) is -0.196. The maximum Gasteiger partial charge on any atom is 0.272 e. The van der Waals surface area contributed by atoms with Crippen LogP contribution < -0.4 is 4.90 Å². The van der Waals surface area contributed by atoms with E-state index < -0.39 is 10.7 Å². The van der Waals surface area contributed by atoms with E-state index in [-0.39, 0.29) is 5.69 Å². The summed E-state index contributed by atoms with van der Waals surface area (Å²) in [5, 5.41) is 10.5. The van der Waals surface area contributed by atoms with Gasteiger partial charge in [0.1, 0.15) is 6.29 Å². The highest BCUT2D eigenvalue weighted by atomic mass is 19.1. The van der Waals surface area contributed by atoms with Crippen LogP contribution in [0.2, 0.25) is 0 Å². The summed E-state index contributed by atoms with van der Waals surface area (Å²) in [4.78, 5) is 22.3. The minimum absolute atomic E-state index is 0.239. The summed E-state index contributed by atoms with van der Waals surface area (Å²) in [6, 6.07) is 3.72. The number of non-ortho nitro benzene ring substituents is 1. The molecule has 1 aliphatic heterocycles. The molecule has 0 spiro atoms. The molecule has 0 saturated carbocycles. The number of aldehydes is 1. The Balaban J connectivity index is 0.00000106. The summed E-state index contributed by atoms with van der Waals surface area (Å²) >= 11 is 0. The average molecular weight is 296 g/mol. The number of hydrogen-bond acceptors (Lipinski definition) is 4. The molecule has 21 heavy (non-hydrogen) atoms.